The van der Waals surface area contributed by atoms with Crippen molar-refractivity contribution in [1.82, 2.24) is 20.3 Å². The Bertz CT molecular complexity index is 495. The van der Waals surface area contributed by atoms with Gasteiger partial charge in [0.05, 0.1) is 22.6 Å². The van der Waals surface area contributed by atoms with E-state index in [4.69, 9.17) is 0 Å². The van der Waals surface area contributed by atoms with Crippen LogP contribution >= 0.6 is 11.3 Å². The summed E-state index contributed by atoms with van der Waals surface area (Å²) in [6, 6.07) is 0.199. The summed E-state index contributed by atoms with van der Waals surface area (Å²) in [6.45, 7) is 6.95. The van der Waals surface area contributed by atoms with E-state index < -0.39 is 0 Å². The zero-order chi connectivity index (χ0) is 12.3. The van der Waals surface area contributed by atoms with Crippen molar-refractivity contribution in [3.05, 3.63) is 39.9 Å². The van der Waals surface area contributed by atoms with Gasteiger partial charge < -0.3 is 5.32 Å². The van der Waals surface area contributed by atoms with Gasteiger partial charge >= 0.3 is 0 Å². The molecule has 0 amide bonds. The molecular formula is C12H16N4S. The molecule has 17 heavy (non-hydrogen) atoms. The molecule has 2 aromatic rings. The third-order valence-corrected chi connectivity index (χ3v) is 3.68. The minimum Gasteiger partial charge on any atom is -0.304 e. The standard InChI is InChI=1S/C12H16N4S/c1-8-11(17-7-16-8)6-15-10(3)12-9(2)13-4-5-14-12/h4-5,7,10,15H,6H2,1-3H3. The van der Waals surface area contributed by atoms with Crippen LogP contribution in [0, 0.1) is 13.8 Å². The van der Waals surface area contributed by atoms with Crippen LogP contribution in [0.2, 0.25) is 0 Å². The Balaban J connectivity index is 2.01. The maximum atomic E-state index is 4.36. The van der Waals surface area contributed by atoms with Gasteiger partial charge in [0.15, 0.2) is 0 Å². The lowest BCUT2D eigenvalue weighted by Gasteiger charge is -2.14. The molecule has 0 saturated carbocycles. The molecule has 0 aliphatic heterocycles. The minimum atomic E-state index is 0.199. The zero-order valence-corrected chi connectivity index (χ0v) is 11.1. The van der Waals surface area contributed by atoms with Crippen molar-refractivity contribution < 1.29 is 0 Å². The van der Waals surface area contributed by atoms with E-state index in [0.29, 0.717) is 0 Å². The lowest BCUT2D eigenvalue weighted by molar-refractivity contribution is 0.557. The Morgan fingerprint density at radius 2 is 1.94 bits per heavy atom. The van der Waals surface area contributed by atoms with Gasteiger partial charge in [0.1, 0.15) is 0 Å². The first kappa shape index (κ1) is 12.1. The van der Waals surface area contributed by atoms with Gasteiger partial charge in [0.25, 0.3) is 0 Å². The van der Waals surface area contributed by atoms with Crippen molar-refractivity contribution in [3.8, 4) is 0 Å². The summed E-state index contributed by atoms with van der Waals surface area (Å²) in [5.41, 5.74) is 4.97. The van der Waals surface area contributed by atoms with Gasteiger partial charge in [-0.15, -0.1) is 11.3 Å². The fraction of sp³-hybridized carbons (Fsp3) is 0.417. The third kappa shape index (κ3) is 2.87. The first-order chi connectivity index (χ1) is 8.18. The highest BCUT2D eigenvalue weighted by molar-refractivity contribution is 7.09. The highest BCUT2D eigenvalue weighted by Crippen LogP contribution is 2.16. The van der Waals surface area contributed by atoms with Gasteiger partial charge in [0.2, 0.25) is 0 Å². The number of hydrogen-bond acceptors (Lipinski definition) is 5. The number of hydrogen-bond donors (Lipinski definition) is 1. The molecule has 0 spiro atoms. The predicted octanol–water partition coefficient (Wildman–Crippen LogP) is 2.40. The minimum absolute atomic E-state index is 0.199. The number of rotatable bonds is 4. The molecule has 4 nitrogen and oxygen atoms in total. The molecule has 2 aromatic heterocycles. The van der Waals surface area contributed by atoms with Crippen molar-refractivity contribution in [2.24, 2.45) is 0 Å². The van der Waals surface area contributed by atoms with Gasteiger partial charge in [-0.2, -0.15) is 0 Å². The molecule has 0 aliphatic rings. The molecule has 2 heterocycles. The summed E-state index contributed by atoms with van der Waals surface area (Å²) in [6.07, 6.45) is 3.46. The van der Waals surface area contributed by atoms with Crippen LogP contribution in [0.3, 0.4) is 0 Å². The first-order valence-corrected chi connectivity index (χ1v) is 6.46. The van der Waals surface area contributed by atoms with Crippen molar-refractivity contribution in [2.45, 2.75) is 33.4 Å². The maximum Gasteiger partial charge on any atom is 0.0798 e. The van der Waals surface area contributed by atoms with Crippen LogP contribution in [-0.4, -0.2) is 15.0 Å². The molecular weight excluding hydrogens is 232 g/mol. The average Bonchev–Trinajstić information content (AvgIpc) is 2.72. The van der Waals surface area contributed by atoms with E-state index in [0.717, 1.165) is 23.6 Å². The van der Waals surface area contributed by atoms with Crippen LogP contribution in [0.1, 0.15) is 34.9 Å². The van der Waals surface area contributed by atoms with Crippen molar-refractivity contribution >= 4 is 11.3 Å². The van der Waals surface area contributed by atoms with E-state index in [9.17, 15) is 0 Å². The summed E-state index contributed by atoms with van der Waals surface area (Å²) >= 11 is 1.68. The van der Waals surface area contributed by atoms with Crippen molar-refractivity contribution in [3.63, 3.8) is 0 Å². The van der Waals surface area contributed by atoms with E-state index in [2.05, 4.69) is 27.2 Å². The van der Waals surface area contributed by atoms with Crippen LogP contribution in [0.5, 0.6) is 0 Å². The average molecular weight is 248 g/mol. The van der Waals surface area contributed by atoms with Gasteiger partial charge in [-0.05, 0) is 20.8 Å². The predicted molar refractivity (Wildman–Crippen MR) is 68.9 cm³/mol. The molecule has 5 heteroatoms. The van der Waals surface area contributed by atoms with Crippen molar-refractivity contribution in [1.29, 1.82) is 0 Å². The van der Waals surface area contributed by atoms with Crippen LogP contribution in [0.15, 0.2) is 17.9 Å². The largest absolute Gasteiger partial charge is 0.304 e. The number of thiazole rings is 1. The molecule has 1 N–H and O–H groups in total. The summed E-state index contributed by atoms with van der Waals surface area (Å²) in [5.74, 6) is 0. The monoisotopic (exact) mass is 248 g/mol. The van der Waals surface area contributed by atoms with E-state index in [-0.39, 0.29) is 6.04 Å². The summed E-state index contributed by atoms with van der Waals surface area (Å²) < 4.78 is 0. The SMILES string of the molecule is Cc1nccnc1C(C)NCc1scnc1C. The second-order valence-corrected chi connectivity index (χ2v) is 4.93. The number of aromatic nitrogens is 3. The fourth-order valence-corrected chi connectivity index (χ4v) is 2.41. The highest BCUT2D eigenvalue weighted by atomic mass is 32.1. The molecule has 0 fully saturated rings. The third-order valence-electron chi connectivity index (χ3n) is 2.74. The summed E-state index contributed by atoms with van der Waals surface area (Å²) in [4.78, 5) is 14.1. The van der Waals surface area contributed by atoms with Crippen LogP contribution in [-0.2, 0) is 6.54 Å². The normalized spacial score (nSPS) is 12.6. The molecule has 0 radical (unpaired) electrons. The van der Waals surface area contributed by atoms with Crippen LogP contribution in [0.25, 0.3) is 0 Å². The van der Waals surface area contributed by atoms with Gasteiger partial charge in [-0.1, -0.05) is 0 Å². The molecule has 2 rings (SSSR count). The van der Waals surface area contributed by atoms with Crippen molar-refractivity contribution in [2.75, 3.05) is 0 Å². The number of aryl methyl sites for hydroxylation is 2. The Morgan fingerprint density at radius 1 is 1.18 bits per heavy atom. The highest BCUT2D eigenvalue weighted by Gasteiger charge is 2.10. The Kier molecular flexibility index (Phi) is 3.81. The number of nitrogens with zero attached hydrogens (tertiary/aromatic N) is 3. The molecule has 0 bridgehead atoms. The van der Waals surface area contributed by atoms with E-state index in [1.807, 2.05) is 19.4 Å². The van der Waals surface area contributed by atoms with Gasteiger partial charge in [-0.3, -0.25) is 9.97 Å². The molecule has 0 aromatic carbocycles. The second-order valence-electron chi connectivity index (χ2n) is 3.99. The zero-order valence-electron chi connectivity index (χ0n) is 10.3. The lowest BCUT2D eigenvalue weighted by Crippen LogP contribution is -2.20. The van der Waals surface area contributed by atoms with E-state index >= 15 is 0 Å². The quantitative estimate of drug-likeness (QED) is 0.902. The van der Waals surface area contributed by atoms with E-state index in [1.54, 1.807) is 23.7 Å². The molecule has 1 atom stereocenters. The Labute approximate surface area is 105 Å². The molecule has 90 valence electrons. The molecule has 0 saturated heterocycles. The molecule has 0 aliphatic carbocycles. The fourth-order valence-electron chi connectivity index (χ4n) is 1.68. The summed E-state index contributed by atoms with van der Waals surface area (Å²) in [7, 11) is 0. The van der Waals surface area contributed by atoms with Crippen LogP contribution < -0.4 is 5.32 Å². The molecule has 1 unspecified atom stereocenters. The topological polar surface area (TPSA) is 50.7 Å². The van der Waals surface area contributed by atoms with Gasteiger partial charge in [0, 0.05) is 29.9 Å². The Hall–Kier alpha value is -1.33. The maximum absolute atomic E-state index is 4.36. The lowest BCUT2D eigenvalue weighted by atomic mass is 10.2. The first-order valence-electron chi connectivity index (χ1n) is 5.58. The van der Waals surface area contributed by atoms with Gasteiger partial charge in [-0.25, -0.2) is 4.98 Å². The van der Waals surface area contributed by atoms with E-state index in [1.165, 1.54) is 4.88 Å². The number of nitrogens with one attached hydrogen (secondary N) is 1. The van der Waals surface area contributed by atoms with Crippen LogP contribution in [0.4, 0.5) is 0 Å². The smallest absolute Gasteiger partial charge is 0.0798 e. The summed E-state index contributed by atoms with van der Waals surface area (Å²) in [5, 5.41) is 3.45. The Morgan fingerprint density at radius 3 is 2.59 bits per heavy atom. The second kappa shape index (κ2) is 5.33.